The molecule has 0 unspecified atom stereocenters. The van der Waals surface area contributed by atoms with Crippen molar-refractivity contribution in [2.45, 2.75) is 18.7 Å². The molecule has 0 bridgehead atoms. The quantitative estimate of drug-likeness (QED) is 0.588. The number of aryl methyl sites for hydroxylation is 1. The van der Waals surface area contributed by atoms with Crippen molar-refractivity contribution in [3.63, 3.8) is 0 Å². The van der Waals surface area contributed by atoms with Gasteiger partial charge in [0, 0.05) is 18.7 Å². The first-order valence-electron chi connectivity index (χ1n) is 6.91. The van der Waals surface area contributed by atoms with Crippen molar-refractivity contribution in [1.29, 1.82) is 0 Å². The summed E-state index contributed by atoms with van der Waals surface area (Å²) in [5, 5.41) is 10.7. The highest BCUT2D eigenvalue weighted by atomic mass is 35.5. The Labute approximate surface area is 143 Å². The van der Waals surface area contributed by atoms with E-state index in [9.17, 15) is 22.9 Å². The minimum Gasteiger partial charge on any atom is -0.267 e. The molecule has 0 heterocycles. The number of sulfonamides is 1. The fourth-order valence-electron chi connectivity index (χ4n) is 2.23. The summed E-state index contributed by atoms with van der Waals surface area (Å²) >= 11 is 5.72. The van der Waals surface area contributed by atoms with Crippen LogP contribution in [0.15, 0.2) is 41.3 Å². The molecular formula is C15H14ClFN2O4S. The molecule has 0 radical (unpaired) electrons. The van der Waals surface area contributed by atoms with Gasteiger partial charge in [0.25, 0.3) is 15.7 Å². The molecular weight excluding hydrogens is 359 g/mol. The molecule has 9 heteroatoms. The maximum Gasteiger partial charge on any atom is 0.270 e. The van der Waals surface area contributed by atoms with Gasteiger partial charge in [-0.2, -0.15) is 0 Å². The zero-order valence-corrected chi connectivity index (χ0v) is 14.4. The van der Waals surface area contributed by atoms with E-state index in [1.165, 1.54) is 24.3 Å². The van der Waals surface area contributed by atoms with Crippen LogP contribution in [0.4, 0.5) is 15.8 Å². The molecule has 0 saturated heterocycles. The van der Waals surface area contributed by atoms with Crippen LogP contribution in [0, 0.1) is 22.9 Å². The zero-order valence-electron chi connectivity index (χ0n) is 12.9. The Morgan fingerprint density at radius 2 is 1.92 bits per heavy atom. The van der Waals surface area contributed by atoms with Crippen LogP contribution in [0.3, 0.4) is 0 Å². The maximum atomic E-state index is 13.3. The highest BCUT2D eigenvalue weighted by Gasteiger charge is 2.27. The van der Waals surface area contributed by atoms with Gasteiger partial charge in [0.2, 0.25) is 0 Å². The number of non-ortho nitro benzene ring substituents is 1. The van der Waals surface area contributed by atoms with Gasteiger partial charge in [0.1, 0.15) is 5.82 Å². The van der Waals surface area contributed by atoms with Crippen molar-refractivity contribution in [1.82, 2.24) is 0 Å². The predicted molar refractivity (Wildman–Crippen MR) is 89.4 cm³/mol. The molecule has 0 saturated carbocycles. The lowest BCUT2D eigenvalue weighted by atomic mass is 10.2. The molecule has 0 N–H and O–H groups in total. The molecule has 0 aliphatic rings. The summed E-state index contributed by atoms with van der Waals surface area (Å²) in [5.74, 6) is -0.666. The predicted octanol–water partition coefficient (Wildman–Crippen LogP) is 3.91. The maximum absolute atomic E-state index is 13.3. The molecule has 2 aromatic rings. The van der Waals surface area contributed by atoms with Crippen molar-refractivity contribution in [2.75, 3.05) is 10.8 Å². The Morgan fingerprint density at radius 1 is 1.25 bits per heavy atom. The lowest BCUT2D eigenvalue weighted by Gasteiger charge is -2.24. The average Bonchev–Trinajstić information content (AvgIpc) is 2.51. The second-order valence-corrected chi connectivity index (χ2v) is 7.21. The number of hydrogen-bond donors (Lipinski definition) is 0. The molecule has 24 heavy (non-hydrogen) atoms. The standard InChI is InChI=1S/C15H14ClFN2O4S/c1-3-18(11-6-7-14(17)13(16)8-11)24(22,23)15-9-12(19(20)21)5-4-10(15)2/h4-9H,3H2,1-2H3. The number of nitro groups is 1. The lowest BCUT2D eigenvalue weighted by Crippen LogP contribution is -2.31. The number of benzene rings is 2. The van der Waals surface area contributed by atoms with Gasteiger partial charge in [-0.05, 0) is 37.6 Å². The van der Waals surface area contributed by atoms with Crippen molar-refractivity contribution < 1.29 is 17.7 Å². The number of rotatable bonds is 5. The van der Waals surface area contributed by atoms with E-state index in [2.05, 4.69) is 0 Å². The van der Waals surface area contributed by atoms with Crippen LogP contribution in [0.5, 0.6) is 0 Å². The van der Waals surface area contributed by atoms with E-state index in [0.717, 1.165) is 16.4 Å². The number of hydrogen-bond acceptors (Lipinski definition) is 4. The van der Waals surface area contributed by atoms with E-state index in [1.807, 2.05) is 0 Å². The van der Waals surface area contributed by atoms with E-state index >= 15 is 0 Å². The number of anilines is 1. The Bertz CT molecular complexity index is 902. The first-order chi connectivity index (χ1) is 11.2. The zero-order chi connectivity index (χ0) is 18.1. The van der Waals surface area contributed by atoms with Crippen LogP contribution >= 0.6 is 11.6 Å². The molecule has 0 fully saturated rings. The molecule has 0 amide bonds. The van der Waals surface area contributed by atoms with E-state index in [-0.39, 0.29) is 27.8 Å². The molecule has 0 aliphatic heterocycles. The summed E-state index contributed by atoms with van der Waals surface area (Å²) in [6.07, 6.45) is 0. The molecule has 0 aliphatic carbocycles. The van der Waals surface area contributed by atoms with E-state index < -0.39 is 20.8 Å². The van der Waals surface area contributed by atoms with Crippen LogP contribution in [0.1, 0.15) is 12.5 Å². The highest BCUT2D eigenvalue weighted by molar-refractivity contribution is 7.92. The molecule has 128 valence electrons. The van der Waals surface area contributed by atoms with Crippen LogP contribution in [0.2, 0.25) is 5.02 Å². The molecule has 0 spiro atoms. The van der Waals surface area contributed by atoms with Crippen molar-refractivity contribution >= 4 is 33.0 Å². The number of halogens is 2. The van der Waals surface area contributed by atoms with E-state index in [0.29, 0.717) is 5.56 Å². The fraction of sp³-hybridized carbons (Fsp3) is 0.200. The highest BCUT2D eigenvalue weighted by Crippen LogP contribution is 2.30. The van der Waals surface area contributed by atoms with E-state index in [1.54, 1.807) is 13.8 Å². The summed E-state index contributed by atoms with van der Waals surface area (Å²) in [6, 6.07) is 7.17. The first-order valence-corrected chi connectivity index (χ1v) is 8.73. The van der Waals surface area contributed by atoms with Gasteiger partial charge >= 0.3 is 0 Å². The largest absolute Gasteiger partial charge is 0.270 e. The minimum absolute atomic E-state index is 0.0480. The molecule has 0 atom stereocenters. The second-order valence-electron chi connectivity index (χ2n) is 4.98. The third-order valence-electron chi connectivity index (χ3n) is 3.43. The molecule has 2 aromatic carbocycles. The number of nitro benzene ring substituents is 1. The van der Waals surface area contributed by atoms with Crippen LogP contribution in [-0.2, 0) is 10.0 Å². The number of nitrogens with zero attached hydrogens (tertiary/aromatic N) is 2. The monoisotopic (exact) mass is 372 g/mol. The first kappa shape index (κ1) is 18.2. The topological polar surface area (TPSA) is 80.5 Å². The Balaban J connectivity index is 2.60. The van der Waals surface area contributed by atoms with Gasteiger partial charge in [0.15, 0.2) is 0 Å². The summed E-state index contributed by atoms with van der Waals surface area (Å²) in [4.78, 5) is 10.1. The van der Waals surface area contributed by atoms with Gasteiger partial charge in [-0.3, -0.25) is 14.4 Å². The lowest BCUT2D eigenvalue weighted by molar-refractivity contribution is -0.385. The summed E-state index contributed by atoms with van der Waals surface area (Å²) in [6.45, 7) is 3.19. The minimum atomic E-state index is -4.07. The third-order valence-corrected chi connectivity index (χ3v) is 5.76. The third kappa shape index (κ3) is 3.34. The van der Waals surface area contributed by atoms with Crippen molar-refractivity contribution in [3.05, 3.63) is 62.9 Å². The SMILES string of the molecule is CCN(c1ccc(F)c(Cl)c1)S(=O)(=O)c1cc([N+](=O)[O-])ccc1C. The van der Waals surface area contributed by atoms with Crippen molar-refractivity contribution in [3.8, 4) is 0 Å². The van der Waals surface area contributed by atoms with Crippen LogP contribution in [0.25, 0.3) is 0 Å². The Morgan fingerprint density at radius 3 is 2.46 bits per heavy atom. The van der Waals surface area contributed by atoms with E-state index in [4.69, 9.17) is 11.6 Å². The molecule has 6 nitrogen and oxygen atoms in total. The Hall–Kier alpha value is -2.19. The van der Waals surface area contributed by atoms with Gasteiger partial charge < -0.3 is 0 Å². The summed E-state index contributed by atoms with van der Waals surface area (Å²) < 4.78 is 40.2. The Kier molecular flexibility index (Phi) is 5.10. The van der Waals surface area contributed by atoms with Crippen LogP contribution < -0.4 is 4.31 Å². The normalized spacial score (nSPS) is 11.3. The molecule has 2 rings (SSSR count). The average molecular weight is 373 g/mol. The fourth-order valence-corrected chi connectivity index (χ4v) is 4.12. The molecule has 0 aromatic heterocycles. The van der Waals surface area contributed by atoms with Gasteiger partial charge in [-0.15, -0.1) is 0 Å². The summed E-state index contributed by atoms with van der Waals surface area (Å²) in [7, 11) is -4.07. The second kappa shape index (κ2) is 6.74. The van der Waals surface area contributed by atoms with Crippen LogP contribution in [-0.4, -0.2) is 19.9 Å². The smallest absolute Gasteiger partial charge is 0.267 e. The van der Waals surface area contributed by atoms with Crippen molar-refractivity contribution in [2.24, 2.45) is 0 Å². The summed E-state index contributed by atoms with van der Waals surface area (Å²) in [5.41, 5.74) is 0.217. The van der Waals surface area contributed by atoms with Gasteiger partial charge in [-0.25, -0.2) is 12.8 Å². The van der Waals surface area contributed by atoms with Gasteiger partial charge in [0.05, 0.1) is 20.5 Å². The van der Waals surface area contributed by atoms with Gasteiger partial charge in [-0.1, -0.05) is 17.7 Å².